The zero-order valence-electron chi connectivity index (χ0n) is 11.1. The molecule has 0 aliphatic carbocycles. The fraction of sp³-hybridized carbons (Fsp3) is 0.250. The second-order valence-corrected chi connectivity index (χ2v) is 5.80. The van der Waals surface area contributed by atoms with Crippen LogP contribution >= 0.6 is 23.2 Å². The van der Waals surface area contributed by atoms with Crippen LogP contribution in [0.2, 0.25) is 10.0 Å². The number of halogens is 2. The summed E-state index contributed by atoms with van der Waals surface area (Å²) in [5.74, 6) is 0.953. The Labute approximate surface area is 128 Å². The average molecular weight is 308 g/mol. The van der Waals surface area contributed by atoms with Crippen molar-refractivity contribution in [1.82, 2.24) is 5.32 Å². The van der Waals surface area contributed by atoms with Crippen molar-refractivity contribution in [3.8, 4) is 5.75 Å². The van der Waals surface area contributed by atoms with Crippen LogP contribution in [0.25, 0.3) is 0 Å². The van der Waals surface area contributed by atoms with E-state index in [1.54, 1.807) is 6.07 Å². The maximum absolute atomic E-state index is 6.25. The molecule has 1 N–H and O–H groups in total. The third-order valence-electron chi connectivity index (χ3n) is 3.58. The molecule has 2 nitrogen and oxygen atoms in total. The van der Waals surface area contributed by atoms with Gasteiger partial charge in [0.15, 0.2) is 0 Å². The largest absolute Gasteiger partial charge is 0.491 e. The summed E-state index contributed by atoms with van der Waals surface area (Å²) in [7, 11) is 0. The van der Waals surface area contributed by atoms with Crippen LogP contribution < -0.4 is 10.1 Å². The Morgan fingerprint density at radius 1 is 1.20 bits per heavy atom. The van der Waals surface area contributed by atoms with Crippen LogP contribution in [0.15, 0.2) is 42.5 Å². The quantitative estimate of drug-likeness (QED) is 0.881. The summed E-state index contributed by atoms with van der Waals surface area (Å²) in [4.78, 5) is 0. The predicted molar refractivity (Wildman–Crippen MR) is 82.7 cm³/mol. The molecule has 3 rings (SSSR count). The highest BCUT2D eigenvalue weighted by Gasteiger charge is 2.25. The van der Waals surface area contributed by atoms with E-state index in [2.05, 4.69) is 18.3 Å². The zero-order valence-corrected chi connectivity index (χ0v) is 12.6. The molecular formula is C16H15Cl2NO. The Bertz CT molecular complexity index is 630. The van der Waals surface area contributed by atoms with Crippen molar-refractivity contribution in [3.05, 3.63) is 63.6 Å². The van der Waals surface area contributed by atoms with Gasteiger partial charge in [0.1, 0.15) is 12.4 Å². The van der Waals surface area contributed by atoms with Crippen molar-refractivity contribution in [2.45, 2.75) is 19.0 Å². The first-order chi connectivity index (χ1) is 9.65. The van der Waals surface area contributed by atoms with Crippen LogP contribution in [0, 0.1) is 0 Å². The van der Waals surface area contributed by atoms with Crippen molar-refractivity contribution in [2.75, 3.05) is 6.61 Å². The van der Waals surface area contributed by atoms with E-state index in [1.165, 1.54) is 5.56 Å². The van der Waals surface area contributed by atoms with Crippen molar-refractivity contribution in [2.24, 2.45) is 0 Å². The number of para-hydroxylation sites is 1. The Morgan fingerprint density at radius 3 is 2.85 bits per heavy atom. The van der Waals surface area contributed by atoms with Crippen LogP contribution in [-0.4, -0.2) is 6.61 Å². The van der Waals surface area contributed by atoms with Gasteiger partial charge in [-0.1, -0.05) is 41.4 Å². The molecule has 1 aliphatic heterocycles. The second kappa shape index (κ2) is 5.65. The molecule has 0 saturated carbocycles. The molecule has 0 amide bonds. The summed E-state index contributed by atoms with van der Waals surface area (Å²) in [6.07, 6.45) is 0. The first-order valence-corrected chi connectivity index (χ1v) is 7.33. The number of fused-ring (bicyclic) bond motifs is 1. The minimum atomic E-state index is 0.0981. The third kappa shape index (κ3) is 2.64. The van der Waals surface area contributed by atoms with Crippen molar-refractivity contribution in [3.63, 3.8) is 0 Å². The van der Waals surface area contributed by atoms with E-state index in [0.717, 1.165) is 16.3 Å². The molecule has 2 aromatic carbocycles. The van der Waals surface area contributed by atoms with Crippen LogP contribution in [0.5, 0.6) is 5.75 Å². The van der Waals surface area contributed by atoms with Crippen LogP contribution in [0.4, 0.5) is 0 Å². The molecule has 0 radical (unpaired) electrons. The van der Waals surface area contributed by atoms with Crippen LogP contribution in [0.1, 0.15) is 30.1 Å². The number of nitrogens with one attached hydrogen (secondary N) is 1. The standard InChI is InChI=1S/C16H15Cl2NO/c1-10(13-8-11(17)6-7-14(13)18)19-15-9-20-16-5-3-2-4-12(15)16/h2-8,10,15,19H,9H2,1H3. The topological polar surface area (TPSA) is 21.3 Å². The highest BCUT2D eigenvalue weighted by atomic mass is 35.5. The molecule has 20 heavy (non-hydrogen) atoms. The average Bonchev–Trinajstić information content (AvgIpc) is 2.85. The Balaban J connectivity index is 1.80. The van der Waals surface area contributed by atoms with E-state index in [9.17, 15) is 0 Å². The smallest absolute Gasteiger partial charge is 0.124 e. The molecule has 0 fully saturated rings. The molecule has 0 aromatic heterocycles. The second-order valence-electron chi connectivity index (χ2n) is 4.96. The van der Waals surface area contributed by atoms with Gasteiger partial charge in [-0.2, -0.15) is 0 Å². The molecule has 1 aliphatic rings. The van der Waals surface area contributed by atoms with Gasteiger partial charge in [-0.15, -0.1) is 0 Å². The Kier molecular flexibility index (Phi) is 3.88. The lowest BCUT2D eigenvalue weighted by molar-refractivity contribution is 0.301. The van der Waals surface area contributed by atoms with Crippen LogP contribution in [-0.2, 0) is 0 Å². The number of ether oxygens (including phenoxy) is 1. The van der Waals surface area contributed by atoms with E-state index in [-0.39, 0.29) is 12.1 Å². The summed E-state index contributed by atoms with van der Waals surface area (Å²) >= 11 is 12.3. The molecule has 2 unspecified atom stereocenters. The van der Waals surface area contributed by atoms with Crippen molar-refractivity contribution in [1.29, 1.82) is 0 Å². The molecule has 0 spiro atoms. The Morgan fingerprint density at radius 2 is 2.00 bits per heavy atom. The van der Waals surface area contributed by atoms with E-state index in [0.29, 0.717) is 11.6 Å². The molecule has 0 saturated heterocycles. The van der Waals surface area contributed by atoms with Gasteiger partial charge >= 0.3 is 0 Å². The van der Waals surface area contributed by atoms with Gasteiger partial charge in [0, 0.05) is 21.7 Å². The highest BCUT2D eigenvalue weighted by Crippen LogP contribution is 2.34. The van der Waals surface area contributed by atoms with Crippen molar-refractivity contribution < 1.29 is 4.74 Å². The van der Waals surface area contributed by atoms with E-state index >= 15 is 0 Å². The number of rotatable bonds is 3. The summed E-state index contributed by atoms with van der Waals surface area (Å²) in [5.41, 5.74) is 2.20. The van der Waals surface area contributed by atoms with Gasteiger partial charge in [0.2, 0.25) is 0 Å². The number of hydrogen-bond acceptors (Lipinski definition) is 2. The lowest BCUT2D eigenvalue weighted by Crippen LogP contribution is -2.25. The van der Waals surface area contributed by atoms with Crippen molar-refractivity contribution >= 4 is 23.2 Å². The maximum atomic E-state index is 6.25. The van der Waals surface area contributed by atoms with E-state index in [4.69, 9.17) is 27.9 Å². The highest BCUT2D eigenvalue weighted by molar-refractivity contribution is 6.33. The van der Waals surface area contributed by atoms with Gasteiger partial charge < -0.3 is 10.1 Å². The maximum Gasteiger partial charge on any atom is 0.124 e. The molecule has 1 heterocycles. The molecule has 0 bridgehead atoms. The summed E-state index contributed by atoms with van der Waals surface area (Å²) < 4.78 is 5.68. The summed E-state index contributed by atoms with van der Waals surface area (Å²) in [6, 6.07) is 13.9. The van der Waals surface area contributed by atoms with E-state index < -0.39 is 0 Å². The van der Waals surface area contributed by atoms with Gasteiger partial charge in [0.25, 0.3) is 0 Å². The van der Waals surface area contributed by atoms with Crippen LogP contribution in [0.3, 0.4) is 0 Å². The molecule has 2 atom stereocenters. The fourth-order valence-corrected chi connectivity index (χ4v) is 3.00. The third-order valence-corrected chi connectivity index (χ3v) is 4.15. The normalized spacial score (nSPS) is 18.4. The molecule has 104 valence electrons. The zero-order chi connectivity index (χ0) is 14.1. The lowest BCUT2D eigenvalue weighted by atomic mass is 10.0. The van der Waals surface area contributed by atoms with Gasteiger partial charge in [0.05, 0.1) is 6.04 Å². The SMILES string of the molecule is CC(NC1COc2ccccc21)c1cc(Cl)ccc1Cl. The summed E-state index contributed by atoms with van der Waals surface area (Å²) in [5, 5.41) is 4.97. The Hall–Kier alpha value is -1.22. The summed E-state index contributed by atoms with van der Waals surface area (Å²) in [6.45, 7) is 2.72. The molecule has 2 aromatic rings. The minimum Gasteiger partial charge on any atom is -0.491 e. The van der Waals surface area contributed by atoms with Gasteiger partial charge in [-0.25, -0.2) is 0 Å². The van der Waals surface area contributed by atoms with E-state index in [1.807, 2.05) is 30.3 Å². The minimum absolute atomic E-state index is 0.0981. The van der Waals surface area contributed by atoms with Gasteiger partial charge in [-0.05, 0) is 36.8 Å². The molecular weight excluding hydrogens is 293 g/mol. The first kappa shape index (κ1) is 13.7. The number of benzene rings is 2. The molecule has 4 heteroatoms. The fourth-order valence-electron chi connectivity index (χ4n) is 2.54. The number of hydrogen-bond donors (Lipinski definition) is 1. The predicted octanol–water partition coefficient (Wildman–Crippen LogP) is 4.78. The first-order valence-electron chi connectivity index (χ1n) is 6.58. The monoisotopic (exact) mass is 307 g/mol. The van der Waals surface area contributed by atoms with Gasteiger partial charge in [-0.3, -0.25) is 0 Å². The lowest BCUT2D eigenvalue weighted by Gasteiger charge is -2.20.